The van der Waals surface area contributed by atoms with Crippen LogP contribution in [0, 0.1) is 0 Å². The Morgan fingerprint density at radius 3 is 2.62 bits per heavy atom. The molecule has 0 aliphatic carbocycles. The Bertz CT molecular complexity index is 147. The summed E-state index contributed by atoms with van der Waals surface area (Å²) in [5.41, 5.74) is 0. The van der Waals surface area contributed by atoms with Crippen molar-refractivity contribution in [2.75, 3.05) is 36.2 Å². The monoisotopic (exact) mass is 261 g/mol. The summed E-state index contributed by atoms with van der Waals surface area (Å²) in [6.07, 6.45) is 8.51. The van der Waals surface area contributed by atoms with Gasteiger partial charge in [-0.1, -0.05) is 32.6 Å². The molecule has 0 bridgehead atoms. The van der Waals surface area contributed by atoms with Gasteiger partial charge in [0.1, 0.15) is 0 Å². The first-order chi connectivity index (χ1) is 7.93. The van der Waals surface area contributed by atoms with Crippen molar-refractivity contribution in [3.05, 3.63) is 0 Å². The molecule has 0 unspecified atom stereocenters. The van der Waals surface area contributed by atoms with Gasteiger partial charge in [-0.15, -0.1) is 11.8 Å². The predicted molar refractivity (Wildman–Crippen MR) is 79.6 cm³/mol. The largest absolute Gasteiger partial charge is 0.293 e. The molecule has 1 aliphatic heterocycles. The maximum absolute atomic E-state index is 2.59. The van der Waals surface area contributed by atoms with E-state index in [2.05, 4.69) is 35.3 Å². The van der Waals surface area contributed by atoms with Crippen molar-refractivity contribution in [3.63, 3.8) is 0 Å². The highest BCUT2D eigenvalue weighted by atomic mass is 32.2. The second-order valence-electron chi connectivity index (χ2n) is 4.54. The fourth-order valence-corrected chi connectivity index (χ4v) is 3.91. The van der Waals surface area contributed by atoms with Gasteiger partial charge < -0.3 is 0 Å². The van der Waals surface area contributed by atoms with Crippen molar-refractivity contribution >= 4 is 23.5 Å². The molecule has 0 atom stereocenters. The lowest BCUT2D eigenvalue weighted by Gasteiger charge is -2.12. The lowest BCUT2D eigenvalue weighted by Crippen LogP contribution is -2.21. The summed E-state index contributed by atoms with van der Waals surface area (Å²) >= 11 is 4.24. The molecule has 1 heterocycles. The van der Waals surface area contributed by atoms with Gasteiger partial charge in [-0.3, -0.25) is 4.90 Å². The Kier molecular flexibility index (Phi) is 9.93. The molecule has 0 aromatic rings. The van der Waals surface area contributed by atoms with E-state index in [1.807, 2.05) is 0 Å². The van der Waals surface area contributed by atoms with E-state index in [1.54, 1.807) is 0 Å². The molecule has 0 aromatic carbocycles. The van der Waals surface area contributed by atoms with Crippen LogP contribution in [0.25, 0.3) is 0 Å². The second kappa shape index (κ2) is 10.8. The average Bonchev–Trinajstić information content (AvgIpc) is 2.80. The third-order valence-electron chi connectivity index (χ3n) is 2.98. The van der Waals surface area contributed by atoms with E-state index in [9.17, 15) is 0 Å². The van der Waals surface area contributed by atoms with E-state index in [4.69, 9.17) is 0 Å². The second-order valence-corrected chi connectivity index (χ2v) is 6.83. The van der Waals surface area contributed by atoms with Gasteiger partial charge in [0.05, 0.1) is 0 Å². The summed E-state index contributed by atoms with van der Waals surface area (Å²) in [5, 5.41) is 0. The van der Waals surface area contributed by atoms with Crippen LogP contribution in [0.2, 0.25) is 0 Å². The zero-order valence-corrected chi connectivity index (χ0v) is 12.4. The highest BCUT2D eigenvalue weighted by Crippen LogP contribution is 2.14. The summed E-state index contributed by atoms with van der Waals surface area (Å²) in [6.45, 7) is 4.94. The molecule has 16 heavy (non-hydrogen) atoms. The van der Waals surface area contributed by atoms with Crippen LogP contribution in [-0.2, 0) is 0 Å². The van der Waals surface area contributed by atoms with Crippen LogP contribution >= 0.6 is 23.5 Å². The topological polar surface area (TPSA) is 3.24 Å². The third kappa shape index (κ3) is 7.86. The van der Waals surface area contributed by atoms with Gasteiger partial charge in [-0.05, 0) is 30.9 Å². The first-order valence-electron chi connectivity index (χ1n) is 6.81. The van der Waals surface area contributed by atoms with Gasteiger partial charge in [0, 0.05) is 18.2 Å². The van der Waals surface area contributed by atoms with Crippen LogP contribution in [-0.4, -0.2) is 41.1 Å². The number of unbranched alkanes of at least 4 members (excludes halogenated alkanes) is 4. The normalized spacial score (nSPS) is 17.1. The van der Waals surface area contributed by atoms with E-state index in [-0.39, 0.29) is 0 Å². The Labute approximate surface area is 110 Å². The summed E-state index contributed by atoms with van der Waals surface area (Å²) in [7, 11) is 0. The van der Waals surface area contributed by atoms with Crippen molar-refractivity contribution in [2.45, 2.75) is 45.4 Å². The molecule has 96 valence electrons. The quantitative estimate of drug-likeness (QED) is 0.545. The van der Waals surface area contributed by atoms with Crippen molar-refractivity contribution in [1.82, 2.24) is 4.90 Å². The molecule has 1 fully saturated rings. The van der Waals surface area contributed by atoms with E-state index >= 15 is 0 Å². The smallest absolute Gasteiger partial charge is 0.0445 e. The highest BCUT2D eigenvalue weighted by Gasteiger charge is 2.10. The lowest BCUT2D eigenvalue weighted by molar-refractivity contribution is 0.358. The first-order valence-corrected chi connectivity index (χ1v) is 9.12. The highest BCUT2D eigenvalue weighted by molar-refractivity contribution is 7.99. The fourth-order valence-electron chi connectivity index (χ4n) is 1.93. The average molecular weight is 262 g/mol. The van der Waals surface area contributed by atoms with Crippen LogP contribution in [0.1, 0.15) is 45.4 Å². The number of thioether (sulfide) groups is 2. The molecule has 0 amide bonds. The van der Waals surface area contributed by atoms with Crippen molar-refractivity contribution in [3.8, 4) is 0 Å². The minimum Gasteiger partial charge on any atom is -0.293 e. The Hall–Kier alpha value is 0.660. The molecule has 0 N–H and O–H groups in total. The Morgan fingerprint density at radius 2 is 1.88 bits per heavy atom. The SMILES string of the molecule is CCCCCCCSCCCN1CCSC1. The fraction of sp³-hybridized carbons (Fsp3) is 1.00. The third-order valence-corrected chi connectivity index (χ3v) is 5.15. The van der Waals surface area contributed by atoms with Crippen molar-refractivity contribution in [1.29, 1.82) is 0 Å². The van der Waals surface area contributed by atoms with Crippen LogP contribution < -0.4 is 0 Å². The number of hydrogen-bond donors (Lipinski definition) is 0. The van der Waals surface area contributed by atoms with Gasteiger partial charge in [-0.25, -0.2) is 0 Å². The number of rotatable bonds is 10. The van der Waals surface area contributed by atoms with Crippen LogP contribution in [0.15, 0.2) is 0 Å². The predicted octanol–water partition coefficient (Wildman–Crippen LogP) is 4.09. The molecule has 1 nitrogen and oxygen atoms in total. The molecule has 0 saturated carbocycles. The van der Waals surface area contributed by atoms with Gasteiger partial charge in [0.25, 0.3) is 0 Å². The maximum Gasteiger partial charge on any atom is 0.0445 e. The zero-order valence-electron chi connectivity index (χ0n) is 10.7. The van der Waals surface area contributed by atoms with Crippen LogP contribution in [0.3, 0.4) is 0 Å². The molecule has 0 spiro atoms. The van der Waals surface area contributed by atoms with E-state index in [1.165, 1.54) is 74.7 Å². The number of hydrogen-bond acceptors (Lipinski definition) is 3. The Balaban J connectivity index is 1.71. The summed E-state index contributed by atoms with van der Waals surface area (Å²) in [4.78, 5) is 2.59. The zero-order chi connectivity index (χ0) is 11.5. The van der Waals surface area contributed by atoms with Crippen LogP contribution in [0.4, 0.5) is 0 Å². The van der Waals surface area contributed by atoms with E-state index in [0.717, 1.165) is 0 Å². The molecular weight excluding hydrogens is 234 g/mol. The number of nitrogens with zero attached hydrogens (tertiary/aromatic N) is 1. The molecule has 1 saturated heterocycles. The van der Waals surface area contributed by atoms with Gasteiger partial charge in [0.15, 0.2) is 0 Å². The summed E-state index contributed by atoms with van der Waals surface area (Å²) < 4.78 is 0. The molecule has 0 aromatic heterocycles. The van der Waals surface area contributed by atoms with Gasteiger partial charge >= 0.3 is 0 Å². The summed E-state index contributed by atoms with van der Waals surface area (Å²) in [5.74, 6) is 5.39. The molecule has 0 radical (unpaired) electrons. The van der Waals surface area contributed by atoms with Crippen molar-refractivity contribution in [2.24, 2.45) is 0 Å². The van der Waals surface area contributed by atoms with Gasteiger partial charge in [0.2, 0.25) is 0 Å². The maximum atomic E-state index is 2.59. The molecule has 1 rings (SSSR count). The molecular formula is C13H27NS2. The minimum absolute atomic E-state index is 1.28. The van der Waals surface area contributed by atoms with Gasteiger partial charge in [-0.2, -0.15) is 11.8 Å². The van der Waals surface area contributed by atoms with E-state index in [0.29, 0.717) is 0 Å². The standard InChI is InChI=1S/C13H27NS2/c1-2-3-4-5-6-10-15-11-7-8-14-9-12-16-13-14/h2-13H2,1H3. The minimum atomic E-state index is 1.28. The molecule has 3 heteroatoms. The summed E-state index contributed by atoms with van der Waals surface area (Å²) in [6, 6.07) is 0. The lowest BCUT2D eigenvalue weighted by atomic mass is 10.2. The van der Waals surface area contributed by atoms with Crippen LogP contribution in [0.5, 0.6) is 0 Å². The molecule has 1 aliphatic rings. The first kappa shape index (κ1) is 14.7. The Morgan fingerprint density at radius 1 is 1.06 bits per heavy atom. The van der Waals surface area contributed by atoms with Crippen molar-refractivity contribution < 1.29 is 0 Å². The van der Waals surface area contributed by atoms with E-state index < -0.39 is 0 Å².